The molecule has 0 heterocycles. The molecule has 4 nitrogen and oxygen atoms in total. The first-order valence-corrected chi connectivity index (χ1v) is 7.29. The Hall–Kier alpha value is -1.26. The molecule has 0 unspecified atom stereocenters. The standard InChI is InChI=1S/C15H23ClN2O2/c1-11(2)20-9-5-4-8-18-15(19)13-10-12(16)6-7-14(13)17-3/h6-7,10-11,17H,4-5,8-9H2,1-3H3,(H,18,19). The lowest BCUT2D eigenvalue weighted by atomic mass is 10.1. The average molecular weight is 299 g/mol. The van der Waals surface area contributed by atoms with Crippen LogP contribution in [0.2, 0.25) is 5.02 Å². The number of rotatable bonds is 8. The van der Waals surface area contributed by atoms with Crippen LogP contribution in [0.4, 0.5) is 5.69 Å². The van der Waals surface area contributed by atoms with Gasteiger partial charge in [-0.3, -0.25) is 4.79 Å². The Labute approximate surface area is 125 Å². The van der Waals surface area contributed by atoms with Crippen LogP contribution < -0.4 is 10.6 Å². The van der Waals surface area contributed by atoms with Crippen molar-refractivity contribution < 1.29 is 9.53 Å². The smallest absolute Gasteiger partial charge is 0.253 e. The summed E-state index contributed by atoms with van der Waals surface area (Å²) in [4.78, 5) is 12.1. The third-order valence-corrected chi connectivity index (χ3v) is 3.04. The van der Waals surface area contributed by atoms with Crippen LogP contribution in [0.5, 0.6) is 0 Å². The number of anilines is 1. The average Bonchev–Trinajstić information content (AvgIpc) is 2.42. The second kappa shape index (κ2) is 8.82. The summed E-state index contributed by atoms with van der Waals surface area (Å²) in [6, 6.07) is 5.23. The van der Waals surface area contributed by atoms with Crippen molar-refractivity contribution >= 4 is 23.2 Å². The van der Waals surface area contributed by atoms with E-state index in [0.717, 1.165) is 25.1 Å². The fourth-order valence-electron chi connectivity index (χ4n) is 1.77. The zero-order valence-electron chi connectivity index (χ0n) is 12.3. The maximum Gasteiger partial charge on any atom is 0.253 e. The molecule has 0 bridgehead atoms. The molecule has 1 aromatic rings. The van der Waals surface area contributed by atoms with E-state index < -0.39 is 0 Å². The number of carbonyl (C=O) groups is 1. The summed E-state index contributed by atoms with van der Waals surface area (Å²) in [7, 11) is 1.78. The molecule has 2 N–H and O–H groups in total. The van der Waals surface area contributed by atoms with Crippen molar-refractivity contribution in [3.63, 3.8) is 0 Å². The van der Waals surface area contributed by atoms with E-state index in [0.29, 0.717) is 17.1 Å². The number of hydrogen-bond donors (Lipinski definition) is 2. The van der Waals surface area contributed by atoms with Gasteiger partial charge in [-0.05, 0) is 44.9 Å². The summed E-state index contributed by atoms with van der Waals surface area (Å²) in [5, 5.41) is 6.44. The lowest BCUT2D eigenvalue weighted by Crippen LogP contribution is -2.25. The van der Waals surface area contributed by atoms with Crippen LogP contribution in [0.1, 0.15) is 37.0 Å². The van der Waals surface area contributed by atoms with Crippen molar-refractivity contribution in [2.24, 2.45) is 0 Å². The molecule has 0 saturated heterocycles. The first kappa shape index (κ1) is 16.8. The molecular weight excluding hydrogens is 276 g/mol. The highest BCUT2D eigenvalue weighted by Gasteiger charge is 2.10. The lowest BCUT2D eigenvalue weighted by Gasteiger charge is -2.11. The van der Waals surface area contributed by atoms with E-state index in [-0.39, 0.29) is 12.0 Å². The number of ether oxygens (including phenoxy) is 1. The molecule has 0 radical (unpaired) electrons. The highest BCUT2D eigenvalue weighted by Crippen LogP contribution is 2.20. The third kappa shape index (κ3) is 5.80. The largest absolute Gasteiger partial charge is 0.387 e. The molecule has 0 saturated carbocycles. The van der Waals surface area contributed by atoms with E-state index in [1.165, 1.54) is 0 Å². The number of halogens is 1. The van der Waals surface area contributed by atoms with Crippen LogP contribution in [0.25, 0.3) is 0 Å². The molecule has 1 aromatic carbocycles. The molecule has 1 amide bonds. The molecule has 0 fully saturated rings. The molecule has 0 spiro atoms. The Bertz CT molecular complexity index is 436. The number of nitrogens with one attached hydrogen (secondary N) is 2. The van der Waals surface area contributed by atoms with Crippen molar-refractivity contribution in [2.45, 2.75) is 32.8 Å². The van der Waals surface area contributed by atoms with E-state index in [4.69, 9.17) is 16.3 Å². The summed E-state index contributed by atoms with van der Waals surface area (Å²) < 4.78 is 5.45. The molecule has 0 aliphatic rings. The fourth-order valence-corrected chi connectivity index (χ4v) is 1.94. The summed E-state index contributed by atoms with van der Waals surface area (Å²) in [5.74, 6) is -0.110. The molecular formula is C15H23ClN2O2. The number of unbranched alkanes of at least 4 members (excludes halogenated alkanes) is 1. The Morgan fingerprint density at radius 2 is 2.10 bits per heavy atom. The van der Waals surface area contributed by atoms with Gasteiger partial charge in [-0.15, -0.1) is 0 Å². The Morgan fingerprint density at radius 1 is 1.35 bits per heavy atom. The van der Waals surface area contributed by atoms with Gasteiger partial charge in [0.05, 0.1) is 11.7 Å². The van der Waals surface area contributed by atoms with Crippen LogP contribution >= 0.6 is 11.6 Å². The summed E-state index contributed by atoms with van der Waals surface area (Å²) >= 11 is 5.93. The van der Waals surface area contributed by atoms with E-state index in [9.17, 15) is 4.79 Å². The topological polar surface area (TPSA) is 50.4 Å². The van der Waals surface area contributed by atoms with Crippen LogP contribution in [0.15, 0.2) is 18.2 Å². The van der Waals surface area contributed by atoms with Gasteiger partial charge in [-0.25, -0.2) is 0 Å². The molecule has 1 rings (SSSR count). The number of amides is 1. The first-order valence-electron chi connectivity index (χ1n) is 6.91. The van der Waals surface area contributed by atoms with Gasteiger partial charge < -0.3 is 15.4 Å². The number of benzene rings is 1. The summed E-state index contributed by atoms with van der Waals surface area (Å²) in [6.45, 7) is 5.39. The van der Waals surface area contributed by atoms with Crippen molar-refractivity contribution in [3.8, 4) is 0 Å². The van der Waals surface area contributed by atoms with E-state index >= 15 is 0 Å². The normalized spacial score (nSPS) is 10.7. The minimum Gasteiger partial charge on any atom is -0.387 e. The van der Waals surface area contributed by atoms with Gasteiger partial charge in [0.25, 0.3) is 5.91 Å². The van der Waals surface area contributed by atoms with Gasteiger partial charge in [0.2, 0.25) is 0 Å². The highest BCUT2D eigenvalue weighted by molar-refractivity contribution is 6.31. The second-order valence-electron chi connectivity index (χ2n) is 4.82. The quantitative estimate of drug-likeness (QED) is 0.724. The zero-order valence-corrected chi connectivity index (χ0v) is 13.1. The minimum absolute atomic E-state index is 0.110. The molecule has 112 valence electrons. The van der Waals surface area contributed by atoms with Gasteiger partial charge in [0.15, 0.2) is 0 Å². The molecule has 0 aliphatic carbocycles. The molecule has 0 aliphatic heterocycles. The molecule has 0 atom stereocenters. The molecule has 5 heteroatoms. The van der Waals surface area contributed by atoms with E-state index in [1.807, 2.05) is 13.8 Å². The third-order valence-electron chi connectivity index (χ3n) is 2.80. The summed E-state index contributed by atoms with van der Waals surface area (Å²) in [5.41, 5.74) is 1.34. The Balaban J connectivity index is 2.37. The number of carbonyl (C=O) groups excluding carboxylic acids is 1. The first-order chi connectivity index (χ1) is 9.54. The fraction of sp³-hybridized carbons (Fsp3) is 0.533. The predicted molar refractivity (Wildman–Crippen MR) is 83.7 cm³/mol. The number of hydrogen-bond acceptors (Lipinski definition) is 3. The zero-order chi connectivity index (χ0) is 15.0. The minimum atomic E-state index is -0.110. The summed E-state index contributed by atoms with van der Waals surface area (Å²) in [6.07, 6.45) is 2.09. The lowest BCUT2D eigenvalue weighted by molar-refractivity contribution is 0.0754. The Morgan fingerprint density at radius 3 is 2.75 bits per heavy atom. The highest BCUT2D eigenvalue weighted by atomic mass is 35.5. The van der Waals surface area contributed by atoms with Crippen LogP contribution in [0, 0.1) is 0 Å². The predicted octanol–water partition coefficient (Wildman–Crippen LogP) is 3.32. The SMILES string of the molecule is CNc1ccc(Cl)cc1C(=O)NCCCCOC(C)C. The van der Waals surface area contributed by atoms with Gasteiger partial charge in [-0.1, -0.05) is 11.6 Å². The maximum atomic E-state index is 12.1. The van der Waals surface area contributed by atoms with Crippen LogP contribution in [-0.2, 0) is 4.74 Å². The van der Waals surface area contributed by atoms with Gasteiger partial charge >= 0.3 is 0 Å². The van der Waals surface area contributed by atoms with E-state index in [2.05, 4.69) is 10.6 Å². The van der Waals surface area contributed by atoms with Gasteiger partial charge in [0, 0.05) is 30.9 Å². The van der Waals surface area contributed by atoms with Gasteiger partial charge in [0.1, 0.15) is 0 Å². The van der Waals surface area contributed by atoms with E-state index in [1.54, 1.807) is 25.2 Å². The second-order valence-corrected chi connectivity index (χ2v) is 5.26. The van der Waals surface area contributed by atoms with Gasteiger partial charge in [-0.2, -0.15) is 0 Å². The van der Waals surface area contributed by atoms with Crippen molar-refractivity contribution in [2.75, 3.05) is 25.5 Å². The molecule has 0 aromatic heterocycles. The monoisotopic (exact) mass is 298 g/mol. The van der Waals surface area contributed by atoms with Crippen molar-refractivity contribution in [1.82, 2.24) is 5.32 Å². The molecule has 20 heavy (non-hydrogen) atoms. The maximum absolute atomic E-state index is 12.1. The Kier molecular flexibility index (Phi) is 7.41. The van der Waals surface area contributed by atoms with Crippen LogP contribution in [-0.4, -0.2) is 32.2 Å². The van der Waals surface area contributed by atoms with Crippen molar-refractivity contribution in [3.05, 3.63) is 28.8 Å². The van der Waals surface area contributed by atoms with Crippen LogP contribution in [0.3, 0.4) is 0 Å². The van der Waals surface area contributed by atoms with Crippen molar-refractivity contribution in [1.29, 1.82) is 0 Å².